The predicted octanol–water partition coefficient (Wildman–Crippen LogP) is 4.83. The second-order valence-electron chi connectivity index (χ2n) is 8.54. The van der Waals surface area contributed by atoms with Crippen molar-refractivity contribution in [1.29, 1.82) is 0 Å². The zero-order valence-corrected chi connectivity index (χ0v) is 18.4. The van der Waals surface area contributed by atoms with Gasteiger partial charge in [-0.25, -0.2) is 9.38 Å². The molecule has 148 valence electrons. The molecule has 0 saturated heterocycles. The predicted molar refractivity (Wildman–Crippen MR) is 123 cm³/mol. The molecule has 0 unspecified atom stereocenters. The summed E-state index contributed by atoms with van der Waals surface area (Å²) in [5, 5.41) is 0.663. The van der Waals surface area contributed by atoms with E-state index in [2.05, 4.69) is 43.8 Å². The SMILES string of the molecule is C[C@@H]1CC(C)(C)N(C)c2cc(Cl)c(/C=c3\sc4nc5ccccc5n4c3=O)cc21. The van der Waals surface area contributed by atoms with Crippen molar-refractivity contribution in [2.24, 2.45) is 0 Å². The van der Waals surface area contributed by atoms with Crippen molar-refractivity contribution in [2.75, 3.05) is 11.9 Å². The van der Waals surface area contributed by atoms with Gasteiger partial charge in [0.1, 0.15) is 0 Å². The first-order valence-electron chi connectivity index (χ1n) is 9.75. The first kappa shape index (κ1) is 18.6. The van der Waals surface area contributed by atoms with Crippen LogP contribution in [0.2, 0.25) is 5.02 Å². The molecule has 0 fully saturated rings. The fourth-order valence-electron chi connectivity index (χ4n) is 4.47. The number of halogens is 1. The molecule has 4 nitrogen and oxygen atoms in total. The number of hydrogen-bond donors (Lipinski definition) is 0. The Morgan fingerprint density at radius 1 is 1.28 bits per heavy atom. The quantitative estimate of drug-likeness (QED) is 0.440. The average molecular weight is 424 g/mol. The van der Waals surface area contributed by atoms with Gasteiger partial charge in [0, 0.05) is 23.3 Å². The highest BCUT2D eigenvalue weighted by Crippen LogP contribution is 2.44. The van der Waals surface area contributed by atoms with E-state index >= 15 is 0 Å². The van der Waals surface area contributed by atoms with Gasteiger partial charge in [0.2, 0.25) is 0 Å². The van der Waals surface area contributed by atoms with Crippen molar-refractivity contribution in [1.82, 2.24) is 9.38 Å². The molecule has 1 atom stereocenters. The van der Waals surface area contributed by atoms with Crippen molar-refractivity contribution in [2.45, 2.75) is 38.6 Å². The average Bonchev–Trinajstić information content (AvgIpc) is 3.17. The molecule has 5 rings (SSSR count). The highest BCUT2D eigenvalue weighted by molar-refractivity contribution is 7.15. The van der Waals surface area contributed by atoms with E-state index in [9.17, 15) is 4.79 Å². The van der Waals surface area contributed by atoms with Gasteiger partial charge in [0.15, 0.2) is 4.96 Å². The van der Waals surface area contributed by atoms with Crippen LogP contribution in [0.4, 0.5) is 5.69 Å². The lowest BCUT2D eigenvalue weighted by Gasteiger charge is -2.45. The largest absolute Gasteiger partial charge is 0.369 e. The van der Waals surface area contributed by atoms with Gasteiger partial charge in [-0.05, 0) is 67.7 Å². The van der Waals surface area contributed by atoms with Crippen molar-refractivity contribution < 1.29 is 0 Å². The Hall–Kier alpha value is -2.37. The topological polar surface area (TPSA) is 37.6 Å². The summed E-state index contributed by atoms with van der Waals surface area (Å²) in [4.78, 5) is 20.7. The minimum Gasteiger partial charge on any atom is -0.369 e. The molecular formula is C23H22ClN3OS. The summed E-state index contributed by atoms with van der Waals surface area (Å²) < 4.78 is 2.34. The van der Waals surface area contributed by atoms with Crippen molar-refractivity contribution >= 4 is 50.7 Å². The van der Waals surface area contributed by atoms with Crippen molar-refractivity contribution in [3.8, 4) is 0 Å². The third-order valence-electron chi connectivity index (χ3n) is 6.18. The number of aromatic nitrogens is 2. The number of hydrogen-bond acceptors (Lipinski definition) is 4. The van der Waals surface area contributed by atoms with Crippen LogP contribution in [0, 0.1) is 0 Å². The normalized spacial score (nSPS) is 19.3. The van der Waals surface area contributed by atoms with Crippen LogP contribution in [0.25, 0.3) is 22.1 Å². The van der Waals surface area contributed by atoms with Crippen LogP contribution in [0.1, 0.15) is 44.2 Å². The molecule has 0 spiro atoms. The maximum atomic E-state index is 13.1. The summed E-state index contributed by atoms with van der Waals surface area (Å²) in [6, 6.07) is 11.9. The molecule has 4 aromatic rings. The van der Waals surface area contributed by atoms with E-state index in [-0.39, 0.29) is 11.1 Å². The van der Waals surface area contributed by atoms with Gasteiger partial charge < -0.3 is 4.90 Å². The molecule has 2 aromatic heterocycles. The monoisotopic (exact) mass is 423 g/mol. The summed E-state index contributed by atoms with van der Waals surface area (Å²) in [6.07, 6.45) is 2.98. The first-order chi connectivity index (χ1) is 13.8. The smallest absolute Gasteiger partial charge is 0.274 e. The lowest BCUT2D eigenvalue weighted by atomic mass is 9.80. The number of fused-ring (bicyclic) bond motifs is 4. The molecule has 0 bridgehead atoms. The van der Waals surface area contributed by atoms with Crippen molar-refractivity contribution in [3.05, 3.63) is 67.4 Å². The number of benzene rings is 2. The Morgan fingerprint density at radius 3 is 2.83 bits per heavy atom. The molecule has 1 aliphatic rings. The lowest BCUT2D eigenvalue weighted by molar-refractivity contribution is 0.395. The molecule has 29 heavy (non-hydrogen) atoms. The van der Waals surface area contributed by atoms with Crippen LogP contribution < -0.4 is 15.0 Å². The highest BCUT2D eigenvalue weighted by Gasteiger charge is 2.34. The Labute approximate surface area is 178 Å². The summed E-state index contributed by atoms with van der Waals surface area (Å²) in [6.45, 7) is 6.78. The van der Waals surface area contributed by atoms with Crippen LogP contribution >= 0.6 is 22.9 Å². The van der Waals surface area contributed by atoms with Crippen LogP contribution in [0.3, 0.4) is 0 Å². The van der Waals surface area contributed by atoms with E-state index < -0.39 is 0 Å². The summed E-state index contributed by atoms with van der Waals surface area (Å²) in [7, 11) is 2.12. The van der Waals surface area contributed by atoms with Gasteiger partial charge in [-0.2, -0.15) is 0 Å². The lowest BCUT2D eigenvalue weighted by Crippen LogP contribution is -2.45. The molecule has 6 heteroatoms. The highest BCUT2D eigenvalue weighted by atomic mass is 35.5. The minimum atomic E-state index is -0.0428. The zero-order chi connectivity index (χ0) is 20.5. The molecule has 0 radical (unpaired) electrons. The maximum Gasteiger partial charge on any atom is 0.274 e. The Bertz CT molecular complexity index is 1380. The summed E-state index contributed by atoms with van der Waals surface area (Å²) >= 11 is 8.07. The fraction of sp³-hybridized carbons (Fsp3) is 0.304. The van der Waals surface area contributed by atoms with Gasteiger partial charge >= 0.3 is 0 Å². The Morgan fingerprint density at radius 2 is 2.03 bits per heavy atom. The van der Waals surface area contributed by atoms with E-state index in [0.29, 0.717) is 20.4 Å². The maximum absolute atomic E-state index is 13.1. The van der Waals surface area contributed by atoms with E-state index in [1.54, 1.807) is 4.40 Å². The molecule has 0 N–H and O–H groups in total. The summed E-state index contributed by atoms with van der Waals surface area (Å²) in [5.74, 6) is 0.428. The molecule has 3 heterocycles. The van der Waals surface area contributed by atoms with Gasteiger partial charge in [-0.1, -0.05) is 42.0 Å². The van der Waals surface area contributed by atoms with Gasteiger partial charge in [0.25, 0.3) is 5.56 Å². The summed E-state index contributed by atoms with van der Waals surface area (Å²) in [5.41, 5.74) is 5.07. The van der Waals surface area contributed by atoms with E-state index in [4.69, 9.17) is 11.6 Å². The number of nitrogens with zero attached hydrogens (tertiary/aromatic N) is 3. The third kappa shape index (κ3) is 2.79. The standard InChI is InChI=1S/C23H22ClN3OS/c1-13-12-23(2,3)26(4)19-11-16(24)14(9-15(13)19)10-20-21(28)27-18-8-6-5-7-17(18)25-22(27)29-20/h5-11,13H,12H2,1-4H3/b20-10-/t13-/m1/s1. The first-order valence-corrected chi connectivity index (χ1v) is 10.9. The molecule has 0 aliphatic carbocycles. The molecule has 2 aromatic carbocycles. The zero-order valence-electron chi connectivity index (χ0n) is 16.9. The fourth-order valence-corrected chi connectivity index (χ4v) is 5.66. The minimum absolute atomic E-state index is 0.0428. The second kappa shape index (κ2) is 6.31. The van der Waals surface area contributed by atoms with Crippen molar-refractivity contribution in [3.63, 3.8) is 0 Å². The second-order valence-corrected chi connectivity index (χ2v) is 9.96. The molecule has 1 aliphatic heterocycles. The van der Waals surface area contributed by atoms with Gasteiger partial charge in [0.05, 0.1) is 15.6 Å². The number of imidazole rings is 1. The van der Waals surface area contributed by atoms with E-state index in [1.165, 1.54) is 22.6 Å². The van der Waals surface area contributed by atoms with Gasteiger partial charge in [-0.3, -0.25) is 4.79 Å². The number of para-hydroxylation sites is 2. The van der Waals surface area contributed by atoms with Crippen LogP contribution in [0.5, 0.6) is 0 Å². The van der Waals surface area contributed by atoms with Crippen LogP contribution in [-0.2, 0) is 0 Å². The van der Waals surface area contributed by atoms with E-state index in [0.717, 1.165) is 23.0 Å². The molecule has 0 amide bonds. The Kier molecular flexibility index (Phi) is 4.06. The van der Waals surface area contributed by atoms with Gasteiger partial charge in [-0.15, -0.1) is 0 Å². The number of anilines is 1. The van der Waals surface area contributed by atoms with E-state index in [1.807, 2.05) is 36.4 Å². The Balaban J connectivity index is 1.70. The molecule has 0 saturated carbocycles. The molecular weight excluding hydrogens is 402 g/mol. The number of thiazole rings is 1. The third-order valence-corrected chi connectivity index (χ3v) is 7.48. The number of rotatable bonds is 1. The van der Waals surface area contributed by atoms with Crippen LogP contribution in [0.15, 0.2) is 41.2 Å². The van der Waals surface area contributed by atoms with Crippen LogP contribution in [-0.4, -0.2) is 22.0 Å².